The first kappa shape index (κ1) is 20.8. The third-order valence-electron chi connectivity index (χ3n) is 5.87. The van der Waals surface area contributed by atoms with Gasteiger partial charge in [-0.15, -0.1) is 0 Å². The van der Waals surface area contributed by atoms with E-state index < -0.39 is 4.92 Å². The number of rotatable bonds is 7. The van der Waals surface area contributed by atoms with Gasteiger partial charge in [-0.25, -0.2) is 4.98 Å². The standard InChI is InChI=1S/C23H27N5O3/c1-16-10-13-27(14-11-16)20-9-8-17(15-21(20)28(30)31)23(29)24-12-4-7-22-25-18-5-2-3-6-19(18)26-22/h2-3,5-6,8-9,15-16H,4,7,10-14H2,1H3,(H,24,29)(H,25,26). The zero-order valence-corrected chi connectivity index (χ0v) is 17.6. The number of hydrogen-bond acceptors (Lipinski definition) is 5. The van der Waals surface area contributed by atoms with Gasteiger partial charge in [0.2, 0.25) is 0 Å². The molecule has 1 aliphatic heterocycles. The maximum atomic E-state index is 12.5. The van der Waals surface area contributed by atoms with Gasteiger partial charge in [-0.3, -0.25) is 14.9 Å². The van der Waals surface area contributed by atoms with E-state index in [2.05, 4.69) is 22.2 Å². The van der Waals surface area contributed by atoms with Gasteiger partial charge < -0.3 is 15.2 Å². The quantitative estimate of drug-likeness (QED) is 0.340. The van der Waals surface area contributed by atoms with Crippen molar-refractivity contribution >= 4 is 28.3 Å². The predicted octanol–water partition coefficient (Wildman–Crippen LogP) is 4.07. The lowest BCUT2D eigenvalue weighted by Gasteiger charge is -2.31. The van der Waals surface area contributed by atoms with Crippen LogP contribution in [0.1, 0.15) is 42.4 Å². The third kappa shape index (κ3) is 4.84. The van der Waals surface area contributed by atoms with E-state index in [1.807, 2.05) is 29.2 Å². The summed E-state index contributed by atoms with van der Waals surface area (Å²) >= 11 is 0. The maximum Gasteiger partial charge on any atom is 0.293 e. The fourth-order valence-electron chi connectivity index (χ4n) is 4.01. The molecule has 0 bridgehead atoms. The van der Waals surface area contributed by atoms with Gasteiger partial charge in [0.05, 0.1) is 16.0 Å². The lowest BCUT2D eigenvalue weighted by molar-refractivity contribution is -0.384. The molecule has 3 aromatic rings. The highest BCUT2D eigenvalue weighted by Crippen LogP contribution is 2.32. The van der Waals surface area contributed by atoms with Gasteiger partial charge in [0, 0.05) is 37.7 Å². The zero-order chi connectivity index (χ0) is 21.8. The van der Waals surface area contributed by atoms with E-state index in [4.69, 9.17) is 0 Å². The van der Waals surface area contributed by atoms with Gasteiger partial charge in [0.25, 0.3) is 11.6 Å². The van der Waals surface area contributed by atoms with Crippen LogP contribution in [0.15, 0.2) is 42.5 Å². The van der Waals surface area contributed by atoms with E-state index >= 15 is 0 Å². The Morgan fingerprint density at radius 1 is 1.26 bits per heavy atom. The van der Waals surface area contributed by atoms with Crippen LogP contribution in [0.5, 0.6) is 0 Å². The van der Waals surface area contributed by atoms with E-state index in [1.54, 1.807) is 12.1 Å². The molecule has 8 heteroatoms. The molecule has 0 spiro atoms. The normalized spacial score (nSPS) is 14.7. The van der Waals surface area contributed by atoms with Gasteiger partial charge in [0.15, 0.2) is 0 Å². The van der Waals surface area contributed by atoms with E-state index in [1.165, 1.54) is 6.07 Å². The van der Waals surface area contributed by atoms with Gasteiger partial charge >= 0.3 is 0 Å². The molecular weight excluding hydrogens is 394 g/mol. The van der Waals surface area contributed by atoms with E-state index in [0.717, 1.165) is 49.2 Å². The highest BCUT2D eigenvalue weighted by Gasteiger charge is 2.24. The number of aromatic nitrogens is 2. The number of benzene rings is 2. The Kier molecular flexibility index (Phi) is 6.16. The van der Waals surface area contributed by atoms with Crippen molar-refractivity contribution in [2.24, 2.45) is 5.92 Å². The van der Waals surface area contributed by atoms with E-state index in [9.17, 15) is 14.9 Å². The minimum absolute atomic E-state index is 0.00974. The average molecular weight is 422 g/mol. The first-order valence-electron chi connectivity index (χ1n) is 10.8. The highest BCUT2D eigenvalue weighted by molar-refractivity contribution is 5.95. The smallest absolute Gasteiger partial charge is 0.293 e. The fourth-order valence-corrected chi connectivity index (χ4v) is 4.01. The number of para-hydroxylation sites is 2. The molecule has 1 aliphatic rings. The number of nitrogens with zero attached hydrogens (tertiary/aromatic N) is 3. The lowest BCUT2D eigenvalue weighted by Crippen LogP contribution is -2.33. The number of imidazole rings is 1. The molecular formula is C23H27N5O3. The number of hydrogen-bond donors (Lipinski definition) is 2. The van der Waals surface area contributed by atoms with Crippen molar-refractivity contribution in [1.29, 1.82) is 0 Å². The Morgan fingerprint density at radius 3 is 2.77 bits per heavy atom. The number of aromatic amines is 1. The Bertz CT molecular complexity index is 1050. The van der Waals surface area contributed by atoms with Crippen LogP contribution < -0.4 is 10.2 Å². The van der Waals surface area contributed by atoms with Crippen molar-refractivity contribution in [3.8, 4) is 0 Å². The second kappa shape index (κ2) is 9.16. The Morgan fingerprint density at radius 2 is 2.03 bits per heavy atom. The fraction of sp³-hybridized carbons (Fsp3) is 0.391. The van der Waals surface area contributed by atoms with Crippen LogP contribution in [0, 0.1) is 16.0 Å². The number of piperidine rings is 1. The van der Waals surface area contributed by atoms with E-state index in [0.29, 0.717) is 30.1 Å². The van der Waals surface area contributed by atoms with Gasteiger partial charge in [-0.05, 0) is 49.4 Å². The molecule has 1 amide bonds. The Balaban J connectivity index is 1.35. The second-order valence-electron chi connectivity index (χ2n) is 8.19. The maximum absolute atomic E-state index is 12.5. The minimum Gasteiger partial charge on any atom is -0.366 e. The summed E-state index contributed by atoms with van der Waals surface area (Å²) in [4.78, 5) is 33.6. The summed E-state index contributed by atoms with van der Waals surface area (Å²) < 4.78 is 0. The highest BCUT2D eigenvalue weighted by atomic mass is 16.6. The van der Waals surface area contributed by atoms with Crippen LogP contribution >= 0.6 is 0 Å². The molecule has 1 fully saturated rings. The van der Waals surface area contributed by atoms with Gasteiger partial charge in [0.1, 0.15) is 11.5 Å². The van der Waals surface area contributed by atoms with Crippen molar-refractivity contribution in [3.05, 3.63) is 64.0 Å². The van der Waals surface area contributed by atoms with Crippen LogP contribution in [0.3, 0.4) is 0 Å². The summed E-state index contributed by atoms with van der Waals surface area (Å²) in [6.07, 6.45) is 3.47. The Labute approximate surface area is 180 Å². The van der Waals surface area contributed by atoms with Crippen molar-refractivity contribution in [3.63, 3.8) is 0 Å². The van der Waals surface area contributed by atoms with Crippen LogP contribution in [-0.2, 0) is 6.42 Å². The van der Waals surface area contributed by atoms with Crippen molar-refractivity contribution in [2.45, 2.75) is 32.6 Å². The SMILES string of the molecule is CC1CCN(c2ccc(C(=O)NCCCc3nc4ccccc4[nH]3)cc2[N+](=O)[O-])CC1. The molecule has 162 valence electrons. The monoisotopic (exact) mass is 421 g/mol. The molecule has 2 aromatic carbocycles. The molecule has 0 saturated carbocycles. The number of carbonyl (C=O) groups is 1. The molecule has 8 nitrogen and oxygen atoms in total. The average Bonchev–Trinajstić information content (AvgIpc) is 3.19. The number of aryl methyl sites for hydroxylation is 1. The van der Waals surface area contributed by atoms with Gasteiger partial charge in [-0.1, -0.05) is 19.1 Å². The molecule has 0 unspecified atom stereocenters. The lowest BCUT2D eigenvalue weighted by atomic mass is 9.98. The number of carbonyl (C=O) groups excluding carboxylic acids is 1. The molecule has 0 radical (unpaired) electrons. The number of anilines is 1. The third-order valence-corrected chi connectivity index (χ3v) is 5.87. The molecule has 1 saturated heterocycles. The summed E-state index contributed by atoms with van der Waals surface area (Å²) in [5, 5.41) is 14.5. The summed E-state index contributed by atoms with van der Waals surface area (Å²) in [5.74, 6) is 1.22. The first-order valence-corrected chi connectivity index (χ1v) is 10.8. The predicted molar refractivity (Wildman–Crippen MR) is 120 cm³/mol. The first-order chi connectivity index (χ1) is 15.0. The van der Waals surface area contributed by atoms with Crippen molar-refractivity contribution in [2.75, 3.05) is 24.5 Å². The summed E-state index contributed by atoms with van der Waals surface area (Å²) in [5.41, 5.74) is 2.82. The Hall–Kier alpha value is -3.42. The minimum atomic E-state index is -0.397. The molecule has 2 N–H and O–H groups in total. The molecule has 4 rings (SSSR count). The van der Waals surface area contributed by atoms with Crippen LogP contribution in [0.2, 0.25) is 0 Å². The van der Waals surface area contributed by atoms with Crippen molar-refractivity contribution in [1.82, 2.24) is 15.3 Å². The molecule has 1 aromatic heterocycles. The van der Waals surface area contributed by atoms with Gasteiger partial charge in [-0.2, -0.15) is 0 Å². The molecule has 31 heavy (non-hydrogen) atoms. The summed E-state index contributed by atoms with van der Waals surface area (Å²) in [6, 6.07) is 12.6. The number of nitro benzene ring substituents is 1. The number of nitro groups is 1. The molecule has 2 heterocycles. The van der Waals surface area contributed by atoms with E-state index in [-0.39, 0.29) is 11.6 Å². The van der Waals surface area contributed by atoms with Crippen LogP contribution in [0.4, 0.5) is 11.4 Å². The summed E-state index contributed by atoms with van der Waals surface area (Å²) in [6.45, 7) is 4.27. The summed E-state index contributed by atoms with van der Waals surface area (Å²) in [7, 11) is 0. The number of amides is 1. The van der Waals surface area contributed by atoms with Crippen LogP contribution in [-0.4, -0.2) is 40.4 Å². The largest absolute Gasteiger partial charge is 0.366 e. The topological polar surface area (TPSA) is 104 Å². The second-order valence-corrected chi connectivity index (χ2v) is 8.19. The number of H-pyrrole nitrogens is 1. The van der Waals surface area contributed by atoms with Crippen LogP contribution in [0.25, 0.3) is 11.0 Å². The molecule has 0 atom stereocenters. The van der Waals surface area contributed by atoms with Crippen molar-refractivity contribution < 1.29 is 9.72 Å². The molecule has 0 aliphatic carbocycles. The number of nitrogens with one attached hydrogen (secondary N) is 2. The zero-order valence-electron chi connectivity index (χ0n) is 17.6. The number of fused-ring (bicyclic) bond motifs is 1.